The van der Waals surface area contributed by atoms with Gasteiger partial charge < -0.3 is 0 Å². The Labute approximate surface area is 264 Å². The highest BCUT2D eigenvalue weighted by atomic mass is 14.9. The van der Waals surface area contributed by atoms with Crippen molar-refractivity contribution in [3.63, 3.8) is 0 Å². The predicted molar refractivity (Wildman–Crippen MR) is 185 cm³/mol. The fourth-order valence-electron chi connectivity index (χ4n) is 7.25. The molecular formula is C42H33N3. The average molecular weight is 580 g/mol. The first kappa shape index (κ1) is 27.2. The molecule has 5 aromatic rings. The molecule has 2 heterocycles. The van der Waals surface area contributed by atoms with Crippen molar-refractivity contribution in [1.82, 2.24) is 15.0 Å². The topological polar surface area (TPSA) is 38.7 Å². The van der Waals surface area contributed by atoms with Crippen LogP contribution < -0.4 is 0 Å². The molecule has 0 N–H and O–H groups in total. The third kappa shape index (κ3) is 5.11. The van der Waals surface area contributed by atoms with Crippen LogP contribution in [0.1, 0.15) is 12.5 Å². The number of hydrogen-bond donors (Lipinski definition) is 0. The monoisotopic (exact) mass is 579 g/mol. The van der Waals surface area contributed by atoms with Crippen molar-refractivity contribution >= 4 is 5.57 Å². The van der Waals surface area contributed by atoms with Gasteiger partial charge >= 0.3 is 0 Å². The Kier molecular flexibility index (Phi) is 7.00. The lowest BCUT2D eigenvalue weighted by molar-refractivity contribution is 0.329. The molecule has 0 radical (unpaired) electrons. The molecule has 45 heavy (non-hydrogen) atoms. The molecule has 8 rings (SSSR count). The van der Waals surface area contributed by atoms with E-state index in [4.69, 9.17) is 9.97 Å². The summed E-state index contributed by atoms with van der Waals surface area (Å²) in [4.78, 5) is 14.6. The van der Waals surface area contributed by atoms with Crippen molar-refractivity contribution in [3.8, 4) is 45.0 Å². The molecule has 4 unspecified atom stereocenters. The van der Waals surface area contributed by atoms with Gasteiger partial charge in [0.25, 0.3) is 0 Å². The molecule has 216 valence electrons. The minimum absolute atomic E-state index is 0.387. The maximum Gasteiger partial charge on any atom is 0.160 e. The highest BCUT2D eigenvalue weighted by molar-refractivity contribution is 5.80. The summed E-state index contributed by atoms with van der Waals surface area (Å²) in [6.07, 6.45) is 22.1. The standard InChI is InChI=1S/C42H33N3/c1-28-35-19-5-6-20-36(35)37-21-7-8-22-38(37)41(28)33-17-10-16-32(25-33)40-26-39(44-42(45-40)29-12-3-2-4-13-29)31-15-9-14-30(24-31)34-18-11-23-43-27-34/h2-28,35-37H,1H3. The molecule has 2 aromatic heterocycles. The molecule has 3 aromatic carbocycles. The first-order valence-corrected chi connectivity index (χ1v) is 15.7. The second-order valence-electron chi connectivity index (χ2n) is 12.1. The van der Waals surface area contributed by atoms with Crippen LogP contribution >= 0.6 is 0 Å². The SMILES string of the molecule is CC1C(c2cccc(-c3cc(-c4cccc(-c5cccnc5)c4)nc(-c4ccccc4)n3)c2)=C2C=CC=CC2C2C=CC=CC12. The number of benzene rings is 3. The van der Waals surface area contributed by atoms with Crippen LogP contribution in [0, 0.1) is 23.7 Å². The van der Waals surface area contributed by atoms with Gasteiger partial charge in [-0.05, 0) is 64.3 Å². The Bertz CT molecular complexity index is 2030. The molecule has 3 aliphatic rings. The summed E-state index contributed by atoms with van der Waals surface area (Å²) in [5.74, 6) is 2.47. The van der Waals surface area contributed by atoms with Crippen molar-refractivity contribution in [2.24, 2.45) is 23.7 Å². The Balaban J connectivity index is 1.26. The van der Waals surface area contributed by atoms with Gasteiger partial charge in [-0.25, -0.2) is 9.97 Å². The van der Waals surface area contributed by atoms with E-state index in [-0.39, 0.29) is 0 Å². The summed E-state index contributed by atoms with van der Waals surface area (Å²) >= 11 is 0. The zero-order valence-electron chi connectivity index (χ0n) is 25.2. The fraction of sp³-hybridized carbons (Fsp3) is 0.119. The zero-order valence-corrected chi connectivity index (χ0v) is 25.2. The Morgan fingerprint density at radius 2 is 1.18 bits per heavy atom. The van der Waals surface area contributed by atoms with Crippen LogP contribution in [0.5, 0.6) is 0 Å². The molecule has 0 aliphatic heterocycles. The van der Waals surface area contributed by atoms with Crippen molar-refractivity contribution in [3.05, 3.63) is 169 Å². The molecule has 0 amide bonds. The number of rotatable bonds is 5. The highest BCUT2D eigenvalue weighted by Gasteiger charge is 2.39. The zero-order chi connectivity index (χ0) is 30.2. The first-order chi connectivity index (χ1) is 22.2. The van der Waals surface area contributed by atoms with Crippen molar-refractivity contribution in [2.45, 2.75) is 6.92 Å². The third-order valence-electron chi connectivity index (χ3n) is 9.43. The van der Waals surface area contributed by atoms with Crippen LogP contribution in [0.3, 0.4) is 0 Å². The van der Waals surface area contributed by atoms with Gasteiger partial charge in [0.15, 0.2) is 5.82 Å². The summed E-state index contributed by atoms with van der Waals surface area (Å²) in [6, 6.07) is 33.9. The van der Waals surface area contributed by atoms with Gasteiger partial charge in [0.05, 0.1) is 11.4 Å². The highest BCUT2D eigenvalue weighted by Crippen LogP contribution is 2.50. The number of fused-ring (bicyclic) bond motifs is 3. The molecular weight excluding hydrogens is 546 g/mol. The van der Waals surface area contributed by atoms with Crippen LogP contribution in [0.25, 0.3) is 50.6 Å². The molecule has 0 fully saturated rings. The number of pyridine rings is 1. The first-order valence-electron chi connectivity index (χ1n) is 15.7. The van der Waals surface area contributed by atoms with Gasteiger partial charge in [0.1, 0.15) is 0 Å². The fourth-order valence-corrected chi connectivity index (χ4v) is 7.25. The minimum Gasteiger partial charge on any atom is -0.264 e. The molecule has 0 spiro atoms. The summed E-state index contributed by atoms with van der Waals surface area (Å²) < 4.78 is 0. The maximum absolute atomic E-state index is 5.15. The quantitative estimate of drug-likeness (QED) is 0.208. The van der Waals surface area contributed by atoms with Crippen LogP contribution in [-0.2, 0) is 0 Å². The summed E-state index contributed by atoms with van der Waals surface area (Å²) in [5.41, 5.74) is 11.3. The third-order valence-corrected chi connectivity index (χ3v) is 9.43. The lowest BCUT2D eigenvalue weighted by atomic mass is 9.61. The Hall–Kier alpha value is -5.41. The van der Waals surface area contributed by atoms with Crippen LogP contribution in [-0.4, -0.2) is 15.0 Å². The van der Waals surface area contributed by atoms with Gasteiger partial charge in [-0.1, -0.05) is 128 Å². The van der Waals surface area contributed by atoms with E-state index in [1.54, 1.807) is 6.20 Å². The van der Waals surface area contributed by atoms with E-state index in [1.807, 2.05) is 30.5 Å². The van der Waals surface area contributed by atoms with E-state index in [9.17, 15) is 0 Å². The number of nitrogens with zero attached hydrogens (tertiary/aromatic N) is 3. The molecule has 0 saturated heterocycles. The molecule has 0 saturated carbocycles. The lowest BCUT2D eigenvalue weighted by Gasteiger charge is -2.43. The normalized spacial score (nSPS) is 21.4. The minimum atomic E-state index is 0.387. The molecule has 3 aliphatic carbocycles. The molecule has 4 atom stereocenters. The second-order valence-corrected chi connectivity index (χ2v) is 12.1. The van der Waals surface area contributed by atoms with E-state index in [1.165, 1.54) is 16.7 Å². The summed E-state index contributed by atoms with van der Waals surface area (Å²) in [7, 11) is 0. The maximum atomic E-state index is 5.15. The molecule has 3 heteroatoms. The van der Waals surface area contributed by atoms with Crippen molar-refractivity contribution < 1.29 is 0 Å². The number of allylic oxidation sites excluding steroid dienone is 10. The largest absolute Gasteiger partial charge is 0.264 e. The van der Waals surface area contributed by atoms with Crippen LogP contribution in [0.2, 0.25) is 0 Å². The van der Waals surface area contributed by atoms with Gasteiger partial charge in [-0.15, -0.1) is 0 Å². The number of hydrogen-bond acceptors (Lipinski definition) is 3. The van der Waals surface area contributed by atoms with E-state index in [0.29, 0.717) is 23.7 Å². The smallest absolute Gasteiger partial charge is 0.160 e. The van der Waals surface area contributed by atoms with Gasteiger partial charge in [-0.2, -0.15) is 0 Å². The van der Waals surface area contributed by atoms with Crippen molar-refractivity contribution in [1.29, 1.82) is 0 Å². The lowest BCUT2D eigenvalue weighted by Crippen LogP contribution is -2.33. The van der Waals surface area contributed by atoms with E-state index >= 15 is 0 Å². The summed E-state index contributed by atoms with van der Waals surface area (Å²) in [5, 5.41) is 0. The van der Waals surface area contributed by atoms with Gasteiger partial charge in [-0.3, -0.25) is 4.98 Å². The predicted octanol–water partition coefficient (Wildman–Crippen LogP) is 10.0. The van der Waals surface area contributed by atoms with E-state index in [0.717, 1.165) is 45.0 Å². The Morgan fingerprint density at radius 3 is 1.93 bits per heavy atom. The molecule has 3 nitrogen and oxygen atoms in total. The second kappa shape index (κ2) is 11.6. The Morgan fingerprint density at radius 1 is 0.533 bits per heavy atom. The van der Waals surface area contributed by atoms with Crippen LogP contribution in [0.15, 0.2) is 164 Å². The number of aromatic nitrogens is 3. The van der Waals surface area contributed by atoms with E-state index < -0.39 is 0 Å². The summed E-state index contributed by atoms with van der Waals surface area (Å²) in [6.45, 7) is 2.39. The molecule has 0 bridgehead atoms. The van der Waals surface area contributed by atoms with Gasteiger partial charge in [0.2, 0.25) is 0 Å². The van der Waals surface area contributed by atoms with Crippen LogP contribution in [0.4, 0.5) is 0 Å². The average Bonchev–Trinajstić information content (AvgIpc) is 3.12. The van der Waals surface area contributed by atoms with Gasteiger partial charge in [0, 0.05) is 40.6 Å². The van der Waals surface area contributed by atoms with E-state index in [2.05, 4.69) is 133 Å². The van der Waals surface area contributed by atoms with Crippen molar-refractivity contribution in [2.75, 3.05) is 0 Å².